The second-order valence-electron chi connectivity index (χ2n) is 6.35. The van der Waals surface area contributed by atoms with Gasteiger partial charge in [0.15, 0.2) is 12.1 Å². The summed E-state index contributed by atoms with van der Waals surface area (Å²) in [6.07, 6.45) is 0. The van der Waals surface area contributed by atoms with E-state index in [0.29, 0.717) is 15.7 Å². The van der Waals surface area contributed by atoms with Crippen LogP contribution < -0.4 is 10.2 Å². The summed E-state index contributed by atoms with van der Waals surface area (Å²) >= 11 is 17.8. The fourth-order valence-corrected chi connectivity index (χ4v) is 3.75. The molecule has 148 valence electrons. The van der Waals surface area contributed by atoms with Crippen molar-refractivity contribution in [3.63, 3.8) is 0 Å². The molecule has 1 fully saturated rings. The number of carbonyl (C=O) groups is 3. The molecule has 11 heteroatoms. The number of nitrogens with one attached hydrogen (secondary N) is 1. The first-order valence-corrected chi connectivity index (χ1v) is 9.54. The van der Waals surface area contributed by atoms with E-state index >= 15 is 0 Å². The highest BCUT2D eigenvalue weighted by Crippen LogP contribution is 2.36. The van der Waals surface area contributed by atoms with Crippen LogP contribution in [0.2, 0.25) is 15.1 Å². The summed E-state index contributed by atoms with van der Waals surface area (Å²) in [6, 6.07) is 8.96. The summed E-state index contributed by atoms with van der Waals surface area (Å²) in [5, 5.41) is 12.6. The maximum absolute atomic E-state index is 12.9. The van der Waals surface area contributed by atoms with Crippen LogP contribution in [0.25, 0.3) is 0 Å². The monoisotopic (exact) mass is 451 g/mol. The molecule has 1 saturated heterocycles. The number of imide groups is 1. The first kappa shape index (κ1) is 19.6. The summed E-state index contributed by atoms with van der Waals surface area (Å²) < 4.78 is 0. The third kappa shape index (κ3) is 3.66. The quantitative estimate of drug-likeness (QED) is 0.717. The molecule has 2 aromatic rings. The smallest absolute Gasteiger partial charge is 0.263 e. The summed E-state index contributed by atoms with van der Waals surface area (Å²) in [5.74, 6) is -1.54. The number of hydrogen-bond donors (Lipinski definition) is 1. The van der Waals surface area contributed by atoms with Crippen molar-refractivity contribution in [2.24, 2.45) is 10.3 Å². The molecule has 2 atom stereocenters. The number of benzene rings is 2. The SMILES string of the molecule is O=C(CN1N=N[C@@H]2C(=O)N(c3ccc(Cl)cc3Cl)C(=O)[C@@H]21)Nc1ccc(Cl)cc1. The lowest BCUT2D eigenvalue weighted by Gasteiger charge is -2.20. The Labute approximate surface area is 180 Å². The van der Waals surface area contributed by atoms with Crippen molar-refractivity contribution in [1.82, 2.24) is 5.01 Å². The predicted octanol–water partition coefficient (Wildman–Crippen LogP) is 3.58. The van der Waals surface area contributed by atoms with E-state index in [0.717, 1.165) is 4.90 Å². The van der Waals surface area contributed by atoms with E-state index in [1.54, 1.807) is 24.3 Å². The molecule has 2 aliphatic heterocycles. The van der Waals surface area contributed by atoms with Crippen LogP contribution in [0.3, 0.4) is 0 Å². The highest BCUT2D eigenvalue weighted by atomic mass is 35.5. The summed E-state index contributed by atoms with van der Waals surface area (Å²) in [5.41, 5.74) is 0.747. The second kappa shape index (κ2) is 7.62. The van der Waals surface area contributed by atoms with Crippen LogP contribution in [0.1, 0.15) is 0 Å². The molecule has 8 nitrogen and oxygen atoms in total. The Balaban J connectivity index is 1.50. The minimum Gasteiger partial charge on any atom is -0.324 e. The highest BCUT2D eigenvalue weighted by Gasteiger charge is 2.55. The number of fused-ring (bicyclic) bond motifs is 1. The van der Waals surface area contributed by atoms with E-state index in [1.807, 2.05) is 0 Å². The van der Waals surface area contributed by atoms with Crippen molar-refractivity contribution in [1.29, 1.82) is 0 Å². The number of amides is 3. The number of carbonyl (C=O) groups excluding carboxylic acids is 3. The highest BCUT2D eigenvalue weighted by molar-refractivity contribution is 6.38. The van der Waals surface area contributed by atoms with Gasteiger partial charge in [-0.1, -0.05) is 40.0 Å². The average Bonchev–Trinajstić information content (AvgIpc) is 3.18. The molecule has 2 aromatic carbocycles. The third-order valence-corrected chi connectivity index (χ3v) is 5.23. The Morgan fingerprint density at radius 3 is 2.38 bits per heavy atom. The van der Waals surface area contributed by atoms with Gasteiger partial charge >= 0.3 is 0 Å². The van der Waals surface area contributed by atoms with Gasteiger partial charge in [-0.15, -0.1) is 0 Å². The Morgan fingerprint density at radius 1 is 1.00 bits per heavy atom. The van der Waals surface area contributed by atoms with E-state index < -0.39 is 29.8 Å². The van der Waals surface area contributed by atoms with Gasteiger partial charge < -0.3 is 5.32 Å². The van der Waals surface area contributed by atoms with E-state index in [1.165, 1.54) is 23.2 Å². The summed E-state index contributed by atoms with van der Waals surface area (Å²) in [4.78, 5) is 38.9. The van der Waals surface area contributed by atoms with E-state index in [4.69, 9.17) is 34.8 Å². The number of nitrogens with zero attached hydrogens (tertiary/aromatic N) is 4. The molecule has 29 heavy (non-hydrogen) atoms. The van der Waals surface area contributed by atoms with Crippen LogP contribution in [0.5, 0.6) is 0 Å². The first-order valence-electron chi connectivity index (χ1n) is 8.41. The average molecular weight is 453 g/mol. The lowest BCUT2D eigenvalue weighted by Crippen LogP contribution is -2.43. The molecule has 1 N–H and O–H groups in total. The number of hydrogen-bond acceptors (Lipinski definition) is 6. The van der Waals surface area contributed by atoms with Crippen molar-refractivity contribution in [2.75, 3.05) is 16.8 Å². The van der Waals surface area contributed by atoms with Crippen LogP contribution in [0.15, 0.2) is 52.8 Å². The van der Waals surface area contributed by atoms with Crippen molar-refractivity contribution in [2.45, 2.75) is 12.1 Å². The van der Waals surface area contributed by atoms with Crippen molar-refractivity contribution in [3.05, 3.63) is 57.5 Å². The minimum atomic E-state index is -1.03. The van der Waals surface area contributed by atoms with Crippen LogP contribution in [0, 0.1) is 0 Å². The number of halogens is 3. The number of anilines is 2. The molecule has 0 radical (unpaired) electrons. The van der Waals surface area contributed by atoms with E-state index in [-0.39, 0.29) is 17.3 Å². The minimum absolute atomic E-state index is 0.156. The van der Waals surface area contributed by atoms with Gasteiger partial charge in [0.25, 0.3) is 11.8 Å². The molecule has 0 aromatic heterocycles. The number of rotatable bonds is 4. The Bertz CT molecular complexity index is 1040. The molecular formula is C18H12Cl3N5O3. The zero-order chi connectivity index (χ0) is 20.7. The van der Waals surface area contributed by atoms with Gasteiger partial charge in [0, 0.05) is 15.7 Å². The second-order valence-corrected chi connectivity index (χ2v) is 7.63. The Hall–Kier alpha value is -2.68. The molecule has 0 unspecified atom stereocenters. The molecule has 0 bridgehead atoms. The molecule has 0 saturated carbocycles. The van der Waals surface area contributed by atoms with Crippen LogP contribution in [-0.4, -0.2) is 41.4 Å². The van der Waals surface area contributed by atoms with Crippen LogP contribution >= 0.6 is 34.8 Å². The topological polar surface area (TPSA) is 94.4 Å². The first-order chi connectivity index (χ1) is 13.8. The van der Waals surface area contributed by atoms with Crippen molar-refractivity contribution >= 4 is 63.9 Å². The van der Waals surface area contributed by atoms with Crippen molar-refractivity contribution in [3.8, 4) is 0 Å². The van der Waals surface area contributed by atoms with Gasteiger partial charge in [-0.2, -0.15) is 5.11 Å². The van der Waals surface area contributed by atoms with Gasteiger partial charge in [0.05, 0.1) is 10.7 Å². The van der Waals surface area contributed by atoms with E-state index in [9.17, 15) is 14.4 Å². The fourth-order valence-electron chi connectivity index (χ4n) is 3.13. The molecule has 0 aliphatic carbocycles. The van der Waals surface area contributed by atoms with Crippen LogP contribution in [-0.2, 0) is 14.4 Å². The zero-order valence-electron chi connectivity index (χ0n) is 14.6. The Kier molecular flexibility index (Phi) is 5.16. The predicted molar refractivity (Wildman–Crippen MR) is 108 cm³/mol. The van der Waals surface area contributed by atoms with Gasteiger partial charge in [-0.3, -0.25) is 19.4 Å². The maximum atomic E-state index is 12.9. The van der Waals surface area contributed by atoms with Gasteiger partial charge in [0.1, 0.15) is 6.54 Å². The Morgan fingerprint density at radius 2 is 1.69 bits per heavy atom. The standard InChI is InChI=1S/C18H12Cl3N5O3/c19-9-1-4-11(5-2-9)22-14(27)8-25-16-15(23-24-25)17(28)26(18(16)29)13-6-3-10(20)7-12(13)21/h1-7,15-16H,8H2,(H,22,27)/t15-,16+/m0/s1. The molecule has 0 spiro atoms. The van der Waals surface area contributed by atoms with E-state index in [2.05, 4.69) is 15.7 Å². The lowest BCUT2D eigenvalue weighted by atomic mass is 10.1. The molecule has 2 aliphatic rings. The van der Waals surface area contributed by atoms with Crippen LogP contribution in [0.4, 0.5) is 11.4 Å². The molecule has 4 rings (SSSR count). The normalized spacial score (nSPS) is 20.4. The summed E-state index contributed by atoms with van der Waals surface area (Å²) in [6.45, 7) is -0.255. The molecule has 3 amide bonds. The van der Waals surface area contributed by atoms with Gasteiger partial charge in [0.2, 0.25) is 5.91 Å². The largest absolute Gasteiger partial charge is 0.324 e. The lowest BCUT2D eigenvalue weighted by molar-refractivity contribution is -0.123. The van der Waals surface area contributed by atoms with Gasteiger partial charge in [-0.25, -0.2) is 4.90 Å². The third-order valence-electron chi connectivity index (χ3n) is 4.44. The molecular weight excluding hydrogens is 441 g/mol. The zero-order valence-corrected chi connectivity index (χ0v) is 16.8. The maximum Gasteiger partial charge on any atom is 0.263 e. The van der Waals surface area contributed by atoms with Crippen molar-refractivity contribution < 1.29 is 14.4 Å². The fraction of sp³-hybridized carbons (Fsp3) is 0.167. The van der Waals surface area contributed by atoms with Gasteiger partial charge in [-0.05, 0) is 42.5 Å². The molecule has 2 heterocycles. The summed E-state index contributed by atoms with van der Waals surface area (Å²) in [7, 11) is 0.